The van der Waals surface area contributed by atoms with Gasteiger partial charge in [-0.25, -0.2) is 13.2 Å². The Morgan fingerprint density at radius 1 is 1.18 bits per heavy atom. The zero-order chi connectivity index (χ0) is 16.7. The molecule has 1 fully saturated rings. The predicted molar refractivity (Wildman–Crippen MR) is 68.7 cm³/mol. The van der Waals surface area contributed by atoms with E-state index in [4.69, 9.17) is 5.73 Å². The van der Waals surface area contributed by atoms with Crippen LogP contribution in [0.4, 0.5) is 26.3 Å². The lowest BCUT2D eigenvalue weighted by molar-refractivity contribution is -0.154. The number of likely N-dealkylation sites (tertiary alicyclic amines) is 1. The van der Waals surface area contributed by atoms with Crippen molar-refractivity contribution in [1.29, 1.82) is 0 Å². The average molecular weight is 326 g/mol. The Kier molecular flexibility index (Phi) is 4.72. The van der Waals surface area contributed by atoms with Crippen molar-refractivity contribution >= 4 is 0 Å². The maximum absolute atomic E-state index is 13.9. The van der Waals surface area contributed by atoms with Gasteiger partial charge >= 0.3 is 6.18 Å². The predicted octanol–water partition coefficient (Wildman–Crippen LogP) is 3.17. The van der Waals surface area contributed by atoms with Crippen molar-refractivity contribution < 1.29 is 26.3 Å². The van der Waals surface area contributed by atoms with E-state index in [1.807, 2.05) is 0 Å². The van der Waals surface area contributed by atoms with E-state index in [0.29, 0.717) is 6.07 Å². The number of nitrogens with two attached hydrogens (primary N) is 1. The second kappa shape index (κ2) is 6.08. The van der Waals surface area contributed by atoms with Crippen LogP contribution in [0.5, 0.6) is 0 Å². The Morgan fingerprint density at radius 2 is 1.77 bits per heavy atom. The fraction of sp³-hybridized carbons (Fsp3) is 0.571. The minimum atomic E-state index is -4.45. The van der Waals surface area contributed by atoms with Crippen LogP contribution in [0.15, 0.2) is 12.1 Å². The third-order valence-electron chi connectivity index (χ3n) is 4.02. The fourth-order valence-corrected chi connectivity index (χ4v) is 3.00. The van der Waals surface area contributed by atoms with Crippen molar-refractivity contribution in [2.75, 3.05) is 13.1 Å². The molecule has 1 aliphatic rings. The van der Waals surface area contributed by atoms with Gasteiger partial charge in [0, 0.05) is 30.1 Å². The molecule has 1 aromatic carbocycles. The van der Waals surface area contributed by atoms with Crippen LogP contribution in [-0.4, -0.2) is 36.2 Å². The molecule has 0 amide bonds. The molecule has 0 bridgehead atoms. The van der Waals surface area contributed by atoms with Gasteiger partial charge in [-0.15, -0.1) is 0 Å². The van der Waals surface area contributed by atoms with Gasteiger partial charge in [0.15, 0.2) is 11.6 Å². The molecule has 8 heteroatoms. The van der Waals surface area contributed by atoms with Crippen molar-refractivity contribution in [1.82, 2.24) is 4.90 Å². The van der Waals surface area contributed by atoms with E-state index in [1.54, 1.807) is 0 Å². The van der Waals surface area contributed by atoms with Crippen LogP contribution >= 0.6 is 0 Å². The van der Waals surface area contributed by atoms with Gasteiger partial charge in [-0.1, -0.05) is 0 Å². The third kappa shape index (κ3) is 3.55. The van der Waals surface area contributed by atoms with Crippen LogP contribution in [0.2, 0.25) is 0 Å². The standard InChI is InChI=1S/C14H16F6N2/c1-7-9(12-10(15)2-3-11(16)13(12)17)4-8(21)5-22(7)6-14(18,19)20/h2-3,7-9H,4-6,21H2,1H3. The molecule has 1 heterocycles. The highest BCUT2D eigenvalue weighted by molar-refractivity contribution is 5.27. The molecule has 0 radical (unpaired) electrons. The summed E-state index contributed by atoms with van der Waals surface area (Å²) in [6.45, 7) is 0.179. The SMILES string of the molecule is CC1C(c2c(F)ccc(F)c2F)CC(N)CN1CC(F)(F)F. The van der Waals surface area contributed by atoms with E-state index in [0.717, 1.165) is 11.0 Å². The van der Waals surface area contributed by atoms with Crippen molar-refractivity contribution in [2.45, 2.75) is 37.5 Å². The van der Waals surface area contributed by atoms with Crippen LogP contribution < -0.4 is 5.73 Å². The summed E-state index contributed by atoms with van der Waals surface area (Å²) >= 11 is 0. The van der Waals surface area contributed by atoms with Crippen molar-refractivity contribution in [3.05, 3.63) is 35.1 Å². The van der Waals surface area contributed by atoms with Crippen molar-refractivity contribution in [3.8, 4) is 0 Å². The minimum absolute atomic E-state index is 0.0320. The van der Waals surface area contributed by atoms with E-state index in [1.165, 1.54) is 6.92 Å². The summed E-state index contributed by atoms with van der Waals surface area (Å²) in [4.78, 5) is 1.03. The van der Waals surface area contributed by atoms with Gasteiger partial charge in [0.25, 0.3) is 0 Å². The van der Waals surface area contributed by atoms with Crippen molar-refractivity contribution in [3.63, 3.8) is 0 Å². The van der Waals surface area contributed by atoms with Gasteiger partial charge in [-0.2, -0.15) is 13.2 Å². The van der Waals surface area contributed by atoms with Gasteiger partial charge in [0.05, 0.1) is 6.54 Å². The van der Waals surface area contributed by atoms with Crippen LogP contribution in [0, 0.1) is 17.5 Å². The molecular formula is C14H16F6N2. The topological polar surface area (TPSA) is 29.3 Å². The summed E-state index contributed by atoms with van der Waals surface area (Å²) in [6, 6.07) is -0.0677. The molecule has 22 heavy (non-hydrogen) atoms. The second-order valence-corrected chi connectivity index (χ2v) is 5.64. The zero-order valence-electron chi connectivity index (χ0n) is 11.8. The van der Waals surface area contributed by atoms with Crippen LogP contribution in [0.1, 0.15) is 24.8 Å². The molecule has 1 aromatic rings. The summed E-state index contributed by atoms with van der Waals surface area (Å²) in [5.74, 6) is -4.51. The zero-order valence-corrected chi connectivity index (χ0v) is 11.8. The van der Waals surface area contributed by atoms with E-state index in [9.17, 15) is 26.3 Å². The van der Waals surface area contributed by atoms with Crippen LogP contribution in [0.25, 0.3) is 0 Å². The molecule has 124 valence electrons. The number of nitrogens with zero attached hydrogens (tertiary/aromatic N) is 1. The third-order valence-corrected chi connectivity index (χ3v) is 4.02. The number of halogens is 6. The Labute approximate surface area is 123 Å². The molecule has 0 aromatic heterocycles. The number of hydrogen-bond acceptors (Lipinski definition) is 2. The summed E-state index contributed by atoms with van der Waals surface area (Å²) in [7, 11) is 0. The van der Waals surface area contributed by atoms with Gasteiger partial charge in [0.2, 0.25) is 0 Å². The maximum Gasteiger partial charge on any atom is 0.401 e. The lowest BCUT2D eigenvalue weighted by atomic mass is 9.82. The molecule has 3 unspecified atom stereocenters. The highest BCUT2D eigenvalue weighted by Crippen LogP contribution is 2.36. The van der Waals surface area contributed by atoms with Crippen LogP contribution in [-0.2, 0) is 0 Å². The van der Waals surface area contributed by atoms with E-state index < -0.39 is 53.7 Å². The quantitative estimate of drug-likeness (QED) is 0.668. The van der Waals surface area contributed by atoms with E-state index >= 15 is 0 Å². The Morgan fingerprint density at radius 3 is 2.36 bits per heavy atom. The lowest BCUT2D eigenvalue weighted by Gasteiger charge is -2.42. The lowest BCUT2D eigenvalue weighted by Crippen LogP contribution is -2.54. The summed E-state index contributed by atoms with van der Waals surface area (Å²) in [5.41, 5.74) is 5.19. The van der Waals surface area contributed by atoms with Crippen molar-refractivity contribution in [2.24, 2.45) is 5.73 Å². The van der Waals surface area contributed by atoms with E-state index in [2.05, 4.69) is 0 Å². The first-order valence-corrected chi connectivity index (χ1v) is 6.80. The molecule has 0 spiro atoms. The number of rotatable bonds is 2. The number of piperidine rings is 1. The molecule has 1 aliphatic heterocycles. The van der Waals surface area contributed by atoms with Gasteiger partial charge in [-0.05, 0) is 25.5 Å². The highest BCUT2D eigenvalue weighted by Gasteiger charge is 2.41. The monoisotopic (exact) mass is 326 g/mol. The van der Waals surface area contributed by atoms with Gasteiger partial charge < -0.3 is 5.73 Å². The number of alkyl halides is 3. The normalized spacial score (nSPS) is 27.2. The number of benzene rings is 1. The first kappa shape index (κ1) is 17.1. The smallest absolute Gasteiger partial charge is 0.327 e. The molecule has 0 aliphatic carbocycles. The molecule has 3 atom stereocenters. The summed E-state index contributed by atoms with van der Waals surface area (Å²) in [6.07, 6.45) is -4.36. The fourth-order valence-electron chi connectivity index (χ4n) is 3.00. The largest absolute Gasteiger partial charge is 0.401 e. The van der Waals surface area contributed by atoms with Gasteiger partial charge in [-0.3, -0.25) is 4.90 Å². The first-order chi connectivity index (χ1) is 10.1. The highest BCUT2D eigenvalue weighted by atomic mass is 19.4. The first-order valence-electron chi connectivity index (χ1n) is 6.80. The molecule has 2 nitrogen and oxygen atoms in total. The second-order valence-electron chi connectivity index (χ2n) is 5.64. The minimum Gasteiger partial charge on any atom is -0.327 e. The average Bonchev–Trinajstić information content (AvgIpc) is 2.38. The van der Waals surface area contributed by atoms with Gasteiger partial charge in [0.1, 0.15) is 5.82 Å². The summed E-state index contributed by atoms with van der Waals surface area (Å²) < 4.78 is 79.0. The van der Waals surface area contributed by atoms with E-state index in [-0.39, 0.29) is 13.0 Å². The van der Waals surface area contributed by atoms with Crippen LogP contribution in [0.3, 0.4) is 0 Å². The Balaban J connectivity index is 2.36. The summed E-state index contributed by atoms with van der Waals surface area (Å²) in [5, 5.41) is 0. The molecule has 2 N–H and O–H groups in total. The Hall–Kier alpha value is -1.28. The molecule has 1 saturated heterocycles. The maximum atomic E-state index is 13.9. The Bertz CT molecular complexity index is 545. The number of hydrogen-bond donors (Lipinski definition) is 1. The molecular weight excluding hydrogens is 310 g/mol. The molecule has 2 rings (SSSR count). The molecule has 0 saturated carbocycles.